The third-order valence-electron chi connectivity index (χ3n) is 3.09. The molecule has 0 aliphatic rings. The Hall–Kier alpha value is -2.67. The molecule has 4 heterocycles. The van der Waals surface area contributed by atoms with E-state index in [0.717, 1.165) is 10.4 Å². The van der Waals surface area contributed by atoms with E-state index in [-0.39, 0.29) is 5.56 Å². The van der Waals surface area contributed by atoms with Crippen molar-refractivity contribution < 1.29 is 0 Å². The van der Waals surface area contributed by atoms with E-state index in [1.54, 1.807) is 47.0 Å². The third kappa shape index (κ3) is 1.53. The Kier molecular flexibility index (Phi) is 2.33. The number of nitrogens with zero attached hydrogens (tertiary/aromatic N) is 4. The molecule has 0 saturated carbocycles. The highest BCUT2D eigenvalue weighted by Gasteiger charge is 2.12. The van der Waals surface area contributed by atoms with E-state index < -0.39 is 0 Å². The Morgan fingerprint density at radius 2 is 2.30 bits per heavy atom. The van der Waals surface area contributed by atoms with Crippen LogP contribution >= 0.6 is 11.3 Å². The first kappa shape index (κ1) is 11.2. The Morgan fingerprint density at radius 1 is 1.35 bits per heavy atom. The first-order valence-electron chi connectivity index (χ1n) is 5.96. The topological polar surface area (TPSA) is 68.0 Å². The van der Waals surface area contributed by atoms with E-state index in [1.807, 2.05) is 17.5 Å². The van der Waals surface area contributed by atoms with Crippen LogP contribution in [0.2, 0.25) is 0 Å². The van der Waals surface area contributed by atoms with Crippen LogP contribution in [0.4, 0.5) is 0 Å². The van der Waals surface area contributed by atoms with Crippen LogP contribution in [0.25, 0.3) is 21.8 Å². The number of aromatic amines is 1. The van der Waals surface area contributed by atoms with Gasteiger partial charge in [0.1, 0.15) is 5.69 Å². The Bertz CT molecular complexity index is 918. The molecule has 20 heavy (non-hydrogen) atoms. The van der Waals surface area contributed by atoms with E-state index in [1.165, 1.54) is 4.52 Å². The minimum Gasteiger partial charge on any atom is -0.300 e. The molecule has 98 valence electrons. The zero-order valence-electron chi connectivity index (χ0n) is 10.2. The van der Waals surface area contributed by atoms with Crippen molar-refractivity contribution in [2.45, 2.75) is 0 Å². The predicted octanol–water partition coefficient (Wildman–Crippen LogP) is 1.94. The number of rotatable bonds is 2. The molecule has 0 aromatic carbocycles. The normalized spacial score (nSPS) is 11.2. The molecule has 0 fully saturated rings. The monoisotopic (exact) mass is 283 g/mol. The summed E-state index contributed by atoms with van der Waals surface area (Å²) in [5, 5.41) is 4.96. The second-order valence-corrected chi connectivity index (χ2v) is 5.19. The number of imidazole rings is 1. The average Bonchev–Trinajstić information content (AvgIpc) is 3.20. The Balaban J connectivity index is 1.98. The lowest BCUT2D eigenvalue weighted by atomic mass is 10.3. The van der Waals surface area contributed by atoms with Gasteiger partial charge in [-0.15, -0.1) is 11.3 Å². The van der Waals surface area contributed by atoms with Gasteiger partial charge < -0.3 is 0 Å². The van der Waals surface area contributed by atoms with Crippen LogP contribution < -0.4 is 5.56 Å². The van der Waals surface area contributed by atoms with Crippen molar-refractivity contribution in [1.82, 2.24) is 24.1 Å². The van der Waals surface area contributed by atoms with Crippen molar-refractivity contribution in [3.63, 3.8) is 0 Å². The standard InChI is InChI=1S/C13H9N5OS/c19-13-10(17-4-3-14-8-17)7-15-12-9(6-16-18(12)13)11-2-1-5-20-11/h1-8,16H. The second-order valence-electron chi connectivity index (χ2n) is 4.24. The van der Waals surface area contributed by atoms with Crippen molar-refractivity contribution in [1.29, 1.82) is 0 Å². The van der Waals surface area contributed by atoms with Crippen molar-refractivity contribution in [3.8, 4) is 16.1 Å². The SMILES string of the molecule is O=c1c(-n2ccnc2)cnc2c(-c3cccs3)c[nH]n12. The van der Waals surface area contributed by atoms with Crippen molar-refractivity contribution in [2.24, 2.45) is 0 Å². The van der Waals surface area contributed by atoms with Gasteiger partial charge in [0, 0.05) is 23.5 Å². The summed E-state index contributed by atoms with van der Waals surface area (Å²) >= 11 is 1.61. The summed E-state index contributed by atoms with van der Waals surface area (Å²) in [4.78, 5) is 21.9. The summed E-state index contributed by atoms with van der Waals surface area (Å²) in [6, 6.07) is 3.98. The zero-order valence-corrected chi connectivity index (χ0v) is 11.0. The Labute approximate surface area is 117 Å². The molecule has 0 aliphatic carbocycles. The molecule has 4 aromatic heterocycles. The van der Waals surface area contributed by atoms with Crippen molar-refractivity contribution in [3.05, 3.63) is 59.0 Å². The predicted molar refractivity (Wildman–Crippen MR) is 76.2 cm³/mol. The van der Waals surface area contributed by atoms with Crippen molar-refractivity contribution in [2.75, 3.05) is 0 Å². The van der Waals surface area contributed by atoms with Crippen LogP contribution in [0.15, 0.2) is 53.4 Å². The van der Waals surface area contributed by atoms with E-state index in [4.69, 9.17) is 0 Å². The molecular weight excluding hydrogens is 274 g/mol. The first-order valence-corrected chi connectivity index (χ1v) is 6.84. The molecule has 0 bridgehead atoms. The fraction of sp³-hybridized carbons (Fsp3) is 0. The molecular formula is C13H9N5OS. The fourth-order valence-corrected chi connectivity index (χ4v) is 2.88. The number of hydrogen-bond donors (Lipinski definition) is 1. The van der Waals surface area contributed by atoms with Crippen LogP contribution in [0, 0.1) is 0 Å². The number of thiophene rings is 1. The minimum absolute atomic E-state index is 0.157. The number of hydrogen-bond acceptors (Lipinski definition) is 4. The highest BCUT2D eigenvalue weighted by Crippen LogP contribution is 2.26. The molecule has 0 aliphatic heterocycles. The fourth-order valence-electron chi connectivity index (χ4n) is 2.14. The maximum Gasteiger partial charge on any atom is 0.296 e. The number of fused-ring (bicyclic) bond motifs is 1. The van der Waals surface area contributed by atoms with Gasteiger partial charge in [0.05, 0.1) is 18.1 Å². The molecule has 0 atom stereocenters. The minimum atomic E-state index is -0.157. The molecule has 0 unspecified atom stereocenters. The van der Waals surface area contributed by atoms with Gasteiger partial charge in [-0.05, 0) is 11.4 Å². The maximum atomic E-state index is 12.5. The van der Waals surface area contributed by atoms with Gasteiger partial charge in [-0.1, -0.05) is 6.07 Å². The lowest BCUT2D eigenvalue weighted by Gasteiger charge is -2.01. The van der Waals surface area contributed by atoms with Gasteiger partial charge in [0.2, 0.25) is 0 Å². The van der Waals surface area contributed by atoms with Crippen LogP contribution in [-0.2, 0) is 0 Å². The van der Waals surface area contributed by atoms with Gasteiger partial charge in [0.15, 0.2) is 5.65 Å². The smallest absolute Gasteiger partial charge is 0.296 e. The third-order valence-corrected chi connectivity index (χ3v) is 3.99. The number of aromatic nitrogens is 5. The summed E-state index contributed by atoms with van der Waals surface area (Å²) in [7, 11) is 0. The highest BCUT2D eigenvalue weighted by atomic mass is 32.1. The lowest BCUT2D eigenvalue weighted by Crippen LogP contribution is -2.20. The van der Waals surface area contributed by atoms with E-state index >= 15 is 0 Å². The lowest BCUT2D eigenvalue weighted by molar-refractivity contribution is 0.868. The second kappa shape index (κ2) is 4.17. The van der Waals surface area contributed by atoms with Gasteiger partial charge in [-0.25, -0.2) is 9.97 Å². The van der Waals surface area contributed by atoms with Crippen LogP contribution in [-0.4, -0.2) is 24.1 Å². The molecule has 6 nitrogen and oxygen atoms in total. The van der Waals surface area contributed by atoms with Crippen LogP contribution in [0.5, 0.6) is 0 Å². The largest absolute Gasteiger partial charge is 0.300 e. The van der Waals surface area contributed by atoms with E-state index in [9.17, 15) is 4.79 Å². The van der Waals surface area contributed by atoms with Crippen LogP contribution in [0.3, 0.4) is 0 Å². The Morgan fingerprint density at radius 3 is 3.05 bits per heavy atom. The summed E-state index contributed by atoms with van der Waals surface area (Å²) in [6.07, 6.45) is 8.29. The summed E-state index contributed by atoms with van der Waals surface area (Å²) in [5.74, 6) is 0. The number of H-pyrrole nitrogens is 1. The quantitative estimate of drug-likeness (QED) is 0.611. The zero-order chi connectivity index (χ0) is 13.5. The van der Waals surface area contributed by atoms with Gasteiger partial charge in [-0.3, -0.25) is 14.5 Å². The van der Waals surface area contributed by atoms with Gasteiger partial charge in [-0.2, -0.15) is 4.52 Å². The molecule has 4 rings (SSSR count). The summed E-state index contributed by atoms with van der Waals surface area (Å²) < 4.78 is 3.10. The van der Waals surface area contributed by atoms with Gasteiger partial charge >= 0.3 is 0 Å². The maximum absolute atomic E-state index is 12.5. The molecule has 0 saturated heterocycles. The summed E-state index contributed by atoms with van der Waals surface area (Å²) in [5.41, 5.74) is 1.85. The molecule has 4 aromatic rings. The molecule has 0 spiro atoms. The van der Waals surface area contributed by atoms with Gasteiger partial charge in [0.25, 0.3) is 5.56 Å². The van der Waals surface area contributed by atoms with E-state index in [2.05, 4.69) is 15.1 Å². The average molecular weight is 283 g/mol. The molecule has 7 heteroatoms. The molecule has 0 radical (unpaired) electrons. The summed E-state index contributed by atoms with van der Waals surface area (Å²) in [6.45, 7) is 0. The first-order chi connectivity index (χ1) is 9.84. The molecule has 0 amide bonds. The number of nitrogens with one attached hydrogen (secondary N) is 1. The highest BCUT2D eigenvalue weighted by molar-refractivity contribution is 7.13. The van der Waals surface area contributed by atoms with E-state index in [0.29, 0.717) is 11.3 Å². The molecule has 1 N–H and O–H groups in total. The van der Waals surface area contributed by atoms with Crippen molar-refractivity contribution >= 4 is 17.0 Å². The van der Waals surface area contributed by atoms with Crippen LogP contribution in [0.1, 0.15) is 0 Å².